The molecule has 0 heterocycles. The van der Waals surface area contributed by atoms with E-state index in [2.05, 4.69) is 570 Å². The molecule has 0 N–H and O–H groups in total. The average Bonchev–Trinajstić information content (AvgIpc) is 0.669. The van der Waals surface area contributed by atoms with E-state index in [1.165, 1.54) is 54.6 Å². The maximum atomic E-state index is 2.48. The Labute approximate surface area is 840 Å². The van der Waals surface area contributed by atoms with Crippen LogP contribution in [0.4, 0.5) is 0 Å². The Hall–Kier alpha value is -18.7. The van der Waals surface area contributed by atoms with Crippen LogP contribution in [0.3, 0.4) is 0 Å². The summed E-state index contributed by atoms with van der Waals surface area (Å²) in [5, 5.41) is 11.8. The first-order chi connectivity index (χ1) is 71.4. The molecule has 0 spiro atoms. The van der Waals surface area contributed by atoms with Crippen molar-refractivity contribution in [1.29, 1.82) is 0 Å². The largest absolute Gasteiger partial charge is 0.0622 e. The van der Waals surface area contributed by atoms with E-state index in [4.69, 9.17) is 0 Å². The molecule has 0 aliphatic carbocycles. The number of fused-ring (bicyclic) bond motifs is 6. The molecule has 144 heavy (non-hydrogen) atoms. The van der Waals surface area contributed by atoms with Gasteiger partial charge in [0.2, 0.25) is 0 Å². The molecule has 0 aliphatic heterocycles. The second-order valence-corrected chi connectivity index (χ2v) is 37.9. The minimum absolute atomic E-state index is 1.08. The van der Waals surface area contributed by atoms with Crippen LogP contribution in [0.2, 0.25) is 0 Å². The smallest absolute Gasteiger partial charge is 0.000718 e. The summed E-state index contributed by atoms with van der Waals surface area (Å²) >= 11 is 0. The first-order valence-electron chi connectivity index (χ1n) is 49.9. The Balaban J connectivity index is 0.836. The highest BCUT2D eigenvalue weighted by atomic mass is 14.4. The van der Waals surface area contributed by atoms with Crippen LogP contribution in [0.5, 0.6) is 0 Å². The molecule has 26 rings (SSSR count). The SMILES string of the molecule is c1ccc(-c2cc(-c3ccccc3)cc(-c3ccc(-c4c(-c5ccc(-c6cc(-c7ccccc7)cc(-c7ccccc7)c6)cc5)c(-c5ccc(-c6cc(-c7ccccc7)cc(-c7ccccc7)c6)cc5)c5c6cccc7c8c(-c9ccccc9)c(-c9ccccc9)c(-c9ccccc9)c(-c9ccccc9)c8c8cccc(c5c4-c4ccc(-c5cc(-c9ccccc9)cc(-c9ccccc9)c5)cc4)c8c76)cc3)c2)cc1. The van der Waals surface area contributed by atoms with Crippen LogP contribution in [0, 0.1) is 0 Å². The standard InChI is InChI=1S/C144H94/c1-13-39-95(40-14-1)115-83-116(96-41-15-2-16-42-96)88-123(87-115)103-67-75-111(76-68-103)133-134(112-77-69-104(70-78-112)124-89-117(97-43-17-3-18-44-97)84-118(90-124)98-45-19-4-20-46-98)138(114-81-73-106(74-82-114)126-93-121(101-51-25-7-26-52-101)86-122(94-126)102-53-27-8-28-54-102)144-130-66-38-64-128-140(130)139-127(141-135(109-59-33-11-34-60-109)131(107-55-29-9-30-56-107)132(108-57-31-10-32-58-108)136(142(128)141)110-61-35-12-36-62-110)63-37-65-129(139)143(144)137(133)113-79-71-105(72-80-113)125-91-119(99-47-21-5-22-48-99)85-120(92-125)100-49-23-6-24-50-100/h1-94H. The maximum Gasteiger partial charge on any atom is -0.000718 e. The van der Waals surface area contributed by atoms with Gasteiger partial charge >= 0.3 is 0 Å². The number of benzene rings is 26. The highest BCUT2D eigenvalue weighted by Gasteiger charge is 2.34. The van der Waals surface area contributed by atoms with Gasteiger partial charge in [-0.25, -0.2) is 0 Å². The van der Waals surface area contributed by atoms with Gasteiger partial charge in [-0.15, -0.1) is 0 Å². The van der Waals surface area contributed by atoms with E-state index < -0.39 is 0 Å². The van der Waals surface area contributed by atoms with Crippen LogP contribution in [-0.4, -0.2) is 0 Å². The summed E-state index contributed by atoms with van der Waals surface area (Å²) in [4.78, 5) is 0. The monoisotopic (exact) mass is 1820 g/mol. The first-order valence-corrected chi connectivity index (χ1v) is 49.9. The minimum atomic E-state index is 1.08. The zero-order valence-electron chi connectivity index (χ0n) is 79.3. The first kappa shape index (κ1) is 85.7. The van der Waals surface area contributed by atoms with Gasteiger partial charge in [-0.2, -0.15) is 0 Å². The van der Waals surface area contributed by atoms with E-state index in [1.807, 2.05) is 0 Å². The van der Waals surface area contributed by atoms with Crippen molar-refractivity contribution in [2.24, 2.45) is 0 Å². The second-order valence-electron chi connectivity index (χ2n) is 37.9. The average molecular weight is 1820 g/mol. The third-order valence-electron chi connectivity index (χ3n) is 29.3. The molecule has 0 unspecified atom stereocenters. The molecule has 0 saturated heterocycles. The molecule has 0 radical (unpaired) electrons. The van der Waals surface area contributed by atoms with Gasteiger partial charge in [0.25, 0.3) is 0 Å². The summed E-state index contributed by atoms with van der Waals surface area (Å²) in [6.07, 6.45) is 0. The van der Waals surface area contributed by atoms with Gasteiger partial charge in [0.1, 0.15) is 0 Å². The van der Waals surface area contributed by atoms with Crippen molar-refractivity contribution in [1.82, 2.24) is 0 Å². The zero-order chi connectivity index (χ0) is 95.3. The number of hydrogen-bond acceptors (Lipinski definition) is 0. The zero-order valence-corrected chi connectivity index (χ0v) is 79.3. The quantitative estimate of drug-likeness (QED) is 0.0527. The van der Waals surface area contributed by atoms with Crippen molar-refractivity contribution in [3.63, 3.8) is 0 Å². The Morgan fingerprint density at radius 2 is 0.167 bits per heavy atom. The second kappa shape index (κ2) is 37.2. The van der Waals surface area contributed by atoms with Gasteiger partial charge in [0, 0.05) is 0 Å². The van der Waals surface area contributed by atoms with Gasteiger partial charge in [-0.05, 0) is 349 Å². The molecule has 0 aliphatic rings. The summed E-state index contributed by atoms with van der Waals surface area (Å²) in [5.74, 6) is 0. The highest BCUT2D eigenvalue weighted by molar-refractivity contribution is 6.47. The number of rotatable bonds is 20. The number of hydrogen-bond donors (Lipinski definition) is 0. The molecule has 0 atom stereocenters. The molecule has 0 aromatic heterocycles. The van der Waals surface area contributed by atoms with Crippen molar-refractivity contribution in [3.05, 3.63) is 570 Å². The van der Waals surface area contributed by atoms with E-state index in [0.717, 1.165) is 222 Å². The molecular formula is C144H94. The summed E-state index contributed by atoms with van der Waals surface area (Å²) in [6, 6.07) is 214. The van der Waals surface area contributed by atoms with Crippen molar-refractivity contribution >= 4 is 53.9 Å². The molecule has 0 bridgehead atoms. The lowest BCUT2D eigenvalue weighted by atomic mass is 9.73. The fourth-order valence-electron chi connectivity index (χ4n) is 22.7. The molecule has 0 heteroatoms. The van der Waals surface area contributed by atoms with E-state index in [9.17, 15) is 0 Å². The predicted octanol–water partition coefficient (Wildman–Crippen LogP) is 40.2. The molecule has 26 aromatic rings. The summed E-state index contributed by atoms with van der Waals surface area (Å²) in [5.41, 5.74) is 45.6. The maximum absolute atomic E-state index is 2.48. The van der Waals surface area contributed by atoms with Crippen LogP contribution in [-0.2, 0) is 0 Å². The summed E-state index contributed by atoms with van der Waals surface area (Å²) in [7, 11) is 0. The van der Waals surface area contributed by atoms with Gasteiger partial charge in [-0.1, -0.05) is 497 Å². The fraction of sp³-hybridized carbons (Fsp3) is 0. The molecule has 0 nitrogen and oxygen atoms in total. The Morgan fingerprint density at radius 3 is 0.312 bits per heavy atom. The molecule has 0 fully saturated rings. The Kier molecular flexibility index (Phi) is 22.1. The third-order valence-corrected chi connectivity index (χ3v) is 29.3. The van der Waals surface area contributed by atoms with Gasteiger partial charge in [0.15, 0.2) is 0 Å². The lowest BCUT2D eigenvalue weighted by Crippen LogP contribution is -2.02. The normalized spacial score (nSPS) is 11.5. The Bertz CT molecular complexity index is 8470. The van der Waals surface area contributed by atoms with E-state index in [0.29, 0.717) is 0 Å². The van der Waals surface area contributed by atoms with Crippen molar-refractivity contribution in [2.45, 2.75) is 0 Å². The van der Waals surface area contributed by atoms with Crippen LogP contribution in [0.15, 0.2) is 570 Å². The highest BCUT2D eigenvalue weighted by Crippen LogP contribution is 2.61. The van der Waals surface area contributed by atoms with Gasteiger partial charge in [0.05, 0.1) is 0 Å². The Morgan fingerprint density at radius 1 is 0.0625 bits per heavy atom. The molecule has 26 aromatic carbocycles. The molecule has 670 valence electrons. The van der Waals surface area contributed by atoms with Gasteiger partial charge < -0.3 is 0 Å². The fourth-order valence-corrected chi connectivity index (χ4v) is 22.7. The predicted molar refractivity (Wildman–Crippen MR) is 614 cm³/mol. The third kappa shape index (κ3) is 15.8. The summed E-state index contributed by atoms with van der Waals surface area (Å²) < 4.78 is 0. The molecular weight excluding hydrogens is 1730 g/mol. The van der Waals surface area contributed by atoms with Gasteiger partial charge in [-0.3, -0.25) is 0 Å². The molecule has 0 saturated carbocycles. The van der Waals surface area contributed by atoms with Crippen molar-refractivity contribution < 1.29 is 0 Å². The van der Waals surface area contributed by atoms with Crippen molar-refractivity contribution in [3.8, 4) is 223 Å². The van der Waals surface area contributed by atoms with Crippen LogP contribution < -0.4 is 0 Å². The van der Waals surface area contributed by atoms with Crippen LogP contribution >= 0.6 is 0 Å². The lowest BCUT2D eigenvalue weighted by molar-refractivity contribution is 1.54. The van der Waals surface area contributed by atoms with Crippen LogP contribution in [0.1, 0.15) is 0 Å². The summed E-state index contributed by atoms with van der Waals surface area (Å²) in [6.45, 7) is 0. The minimum Gasteiger partial charge on any atom is -0.0622 e. The molecule has 0 amide bonds. The van der Waals surface area contributed by atoms with E-state index in [1.54, 1.807) is 0 Å². The van der Waals surface area contributed by atoms with Crippen LogP contribution in [0.25, 0.3) is 276 Å². The lowest BCUT2D eigenvalue weighted by Gasteiger charge is -2.29. The van der Waals surface area contributed by atoms with E-state index in [-0.39, 0.29) is 0 Å². The topological polar surface area (TPSA) is 0 Å². The van der Waals surface area contributed by atoms with Crippen molar-refractivity contribution in [2.75, 3.05) is 0 Å². The van der Waals surface area contributed by atoms with E-state index >= 15 is 0 Å².